The Bertz CT molecular complexity index is 3240. The van der Waals surface area contributed by atoms with Crippen molar-refractivity contribution in [1.29, 1.82) is 0 Å². The van der Waals surface area contributed by atoms with Gasteiger partial charge in [0, 0.05) is 35.9 Å². The summed E-state index contributed by atoms with van der Waals surface area (Å²) in [6.45, 7) is 0.339. The summed E-state index contributed by atoms with van der Waals surface area (Å²) in [5.41, 5.74) is 3.31. The maximum absolute atomic E-state index is 10.3. The van der Waals surface area contributed by atoms with Crippen molar-refractivity contribution in [3.63, 3.8) is 0 Å². The van der Waals surface area contributed by atoms with Gasteiger partial charge in [0.05, 0.1) is 94.5 Å². The predicted molar refractivity (Wildman–Crippen MR) is 301 cm³/mol. The van der Waals surface area contributed by atoms with Gasteiger partial charge in [-0.15, -0.1) is 0 Å². The van der Waals surface area contributed by atoms with E-state index in [0.717, 1.165) is 55.6 Å². The summed E-state index contributed by atoms with van der Waals surface area (Å²) < 4.78 is 56.5. The van der Waals surface area contributed by atoms with E-state index in [-0.39, 0.29) is 19.7 Å². The SMILES string of the molecule is COc1cc(/C=C/[N+](=O)[O-])cc2c1OCO2.COc1ccc(/C=C/[N+](=O)[O-])cc1OC1CCCC1.COc1cccc(OC)c1/C=C/[N+](=O)[O-].O=[N+]([O-])/C=C/c1ccc2c(c1)OCO2.O=[N+]([O-])/C=C/c1ccco1.O=[N+]([O-])/C=C/c1ccoc1. The zero-order valence-corrected chi connectivity index (χ0v) is 45.1. The molecule has 0 amide bonds. The lowest BCUT2D eigenvalue weighted by Crippen LogP contribution is -2.11. The average Bonchev–Trinajstić information content (AvgIpc) is 4.35. The van der Waals surface area contributed by atoms with E-state index >= 15 is 0 Å². The van der Waals surface area contributed by atoms with Gasteiger partial charge in [0.1, 0.15) is 17.3 Å². The predicted octanol–water partition coefficient (Wildman–Crippen LogP) is 11.6. The number of methoxy groups -OCH3 is 4. The quantitative estimate of drug-likeness (QED) is 0.0570. The van der Waals surface area contributed by atoms with E-state index < -0.39 is 29.5 Å². The van der Waals surface area contributed by atoms with Crippen LogP contribution in [0.1, 0.15) is 59.3 Å². The first-order valence-corrected chi connectivity index (χ1v) is 24.3. The van der Waals surface area contributed by atoms with Crippen LogP contribution in [0.4, 0.5) is 0 Å². The van der Waals surface area contributed by atoms with Crippen LogP contribution >= 0.6 is 0 Å². The maximum Gasteiger partial charge on any atom is 0.238 e. The fraction of sp³-hybridized carbons (Fsp3) is 0.200. The van der Waals surface area contributed by atoms with Crippen LogP contribution in [-0.2, 0) is 0 Å². The minimum atomic E-state index is -0.539. The lowest BCUT2D eigenvalue weighted by molar-refractivity contribution is -0.401. The average molecular weight is 1170 g/mol. The fourth-order valence-corrected chi connectivity index (χ4v) is 7.00. The number of fused-ring (bicyclic) bond motifs is 2. The Morgan fingerprint density at radius 3 is 1.48 bits per heavy atom. The smallest absolute Gasteiger partial charge is 0.238 e. The van der Waals surface area contributed by atoms with Gasteiger partial charge in [-0.1, -0.05) is 18.2 Å². The van der Waals surface area contributed by atoms with Crippen LogP contribution in [0.25, 0.3) is 36.5 Å². The third kappa shape index (κ3) is 23.8. The lowest BCUT2D eigenvalue weighted by Gasteiger charge is -2.16. The van der Waals surface area contributed by atoms with Crippen molar-refractivity contribution in [2.45, 2.75) is 31.8 Å². The van der Waals surface area contributed by atoms with Crippen LogP contribution in [0.5, 0.6) is 51.7 Å². The van der Waals surface area contributed by atoms with E-state index in [1.54, 1.807) is 92.0 Å². The van der Waals surface area contributed by atoms with E-state index in [2.05, 4.69) is 4.42 Å². The number of nitro groups is 6. The van der Waals surface area contributed by atoms with Gasteiger partial charge in [-0.05, 0) is 109 Å². The van der Waals surface area contributed by atoms with Crippen molar-refractivity contribution >= 4 is 36.5 Å². The second kappa shape index (κ2) is 35.2. The molecule has 6 aromatic rings. The number of nitrogens with zero attached hydrogens (tertiary/aromatic N) is 6. The number of hydrogen-bond donors (Lipinski definition) is 0. The monoisotopic (exact) mass is 1170 g/mol. The Morgan fingerprint density at radius 2 is 0.929 bits per heavy atom. The molecule has 4 aromatic carbocycles. The fourth-order valence-electron chi connectivity index (χ4n) is 7.00. The Balaban J connectivity index is 0.000000219. The van der Waals surface area contributed by atoms with Crippen LogP contribution in [0.3, 0.4) is 0 Å². The molecular formula is C55H54N6O23. The first kappa shape index (κ1) is 65.0. The molecule has 9 rings (SSSR count). The third-order valence-electron chi connectivity index (χ3n) is 10.7. The Morgan fingerprint density at radius 1 is 0.440 bits per heavy atom. The molecule has 0 N–H and O–H groups in total. The molecule has 0 saturated heterocycles. The molecule has 84 heavy (non-hydrogen) atoms. The van der Waals surface area contributed by atoms with E-state index in [4.69, 9.17) is 47.0 Å². The molecule has 1 saturated carbocycles. The van der Waals surface area contributed by atoms with E-state index in [1.165, 1.54) is 89.4 Å². The van der Waals surface area contributed by atoms with Crippen molar-refractivity contribution in [2.75, 3.05) is 42.0 Å². The molecule has 29 nitrogen and oxygen atoms in total. The minimum absolute atomic E-state index is 0.133. The molecule has 0 unspecified atom stereocenters. The van der Waals surface area contributed by atoms with Crippen molar-refractivity contribution in [3.05, 3.63) is 235 Å². The summed E-state index contributed by atoms with van der Waals surface area (Å²) in [6.07, 6.45) is 22.5. The van der Waals surface area contributed by atoms with Crippen LogP contribution in [-0.4, -0.2) is 77.7 Å². The molecular weight excluding hydrogens is 1110 g/mol. The number of ether oxygens (including phenoxy) is 9. The summed E-state index contributed by atoms with van der Waals surface area (Å²) in [5.74, 6) is 5.71. The van der Waals surface area contributed by atoms with Gasteiger partial charge in [-0.3, -0.25) is 60.7 Å². The normalized spacial score (nSPS) is 12.6. The zero-order valence-electron chi connectivity index (χ0n) is 45.1. The summed E-state index contributed by atoms with van der Waals surface area (Å²) in [5, 5.41) is 60.3. The highest BCUT2D eigenvalue weighted by atomic mass is 16.7. The van der Waals surface area contributed by atoms with Gasteiger partial charge in [-0.25, -0.2) is 0 Å². The van der Waals surface area contributed by atoms with E-state index in [0.29, 0.717) is 79.8 Å². The van der Waals surface area contributed by atoms with Gasteiger partial charge in [-0.2, -0.15) is 0 Å². The molecule has 0 bridgehead atoms. The summed E-state index contributed by atoms with van der Waals surface area (Å²) in [7, 11) is 6.08. The summed E-state index contributed by atoms with van der Waals surface area (Å²) in [6, 6.07) is 23.9. The van der Waals surface area contributed by atoms with Gasteiger partial charge in [0.25, 0.3) is 0 Å². The van der Waals surface area contributed by atoms with Crippen molar-refractivity contribution in [2.24, 2.45) is 0 Å². The van der Waals surface area contributed by atoms with Gasteiger partial charge < -0.3 is 51.5 Å². The second-order valence-corrected chi connectivity index (χ2v) is 16.3. The highest BCUT2D eigenvalue weighted by Gasteiger charge is 2.21. The number of furan rings is 2. The first-order chi connectivity index (χ1) is 40.4. The lowest BCUT2D eigenvalue weighted by atomic mass is 10.1. The second-order valence-electron chi connectivity index (χ2n) is 16.3. The standard InChI is InChI=1S/C14H17NO4.C10H9NO5.C10H11NO4.C9H7NO4.2C6H5NO3/c1-18-13-7-6-11(8-9-15(16)17)10-14(13)19-12-4-2-3-5-12;1-14-8-4-7(2-3-11(12)13)5-9-10(8)16-6-15-9;1-14-9-4-3-5-10(15-2)8(9)6-7-11(12)13;11-10(12)4-3-7-1-2-8-9(5-7)14-6-13-8;8-7(9)3-1-6-2-4-10-5-6;8-7(9)4-3-6-2-1-5-10-6/h6-10,12H,2-5H2,1H3;2-5H,6H2,1H3;3-7H,1-2H3;1-5H,6H2;2*1-5H/b9-8+;3-2+;7-6+;4-3+;3-1+;4-3+. The number of benzene rings is 4. The molecule has 1 fully saturated rings. The summed E-state index contributed by atoms with van der Waals surface area (Å²) >= 11 is 0. The van der Waals surface area contributed by atoms with Gasteiger partial charge in [0.15, 0.2) is 34.5 Å². The van der Waals surface area contributed by atoms with Gasteiger partial charge >= 0.3 is 0 Å². The number of rotatable bonds is 18. The van der Waals surface area contributed by atoms with Gasteiger partial charge in [0.2, 0.25) is 56.5 Å². The molecule has 442 valence electrons. The van der Waals surface area contributed by atoms with Crippen molar-refractivity contribution in [1.82, 2.24) is 0 Å². The molecule has 2 aliphatic heterocycles. The largest absolute Gasteiger partial charge is 0.496 e. The van der Waals surface area contributed by atoms with Crippen LogP contribution in [0.2, 0.25) is 0 Å². The molecule has 0 atom stereocenters. The highest BCUT2D eigenvalue weighted by Crippen LogP contribution is 2.42. The zero-order chi connectivity index (χ0) is 61.2. The van der Waals surface area contributed by atoms with Crippen LogP contribution < -0.4 is 42.6 Å². The Hall–Kier alpha value is -11.5. The maximum atomic E-state index is 10.3. The Labute approximate surface area is 477 Å². The third-order valence-corrected chi connectivity index (χ3v) is 10.7. The van der Waals surface area contributed by atoms with E-state index in [9.17, 15) is 60.7 Å². The summed E-state index contributed by atoms with van der Waals surface area (Å²) in [4.78, 5) is 57.2. The van der Waals surface area contributed by atoms with Crippen LogP contribution in [0.15, 0.2) is 150 Å². The first-order valence-electron chi connectivity index (χ1n) is 24.3. The van der Waals surface area contributed by atoms with Crippen molar-refractivity contribution in [3.8, 4) is 51.7 Å². The number of hydrogen-bond acceptors (Lipinski definition) is 23. The topological polar surface area (TPSA) is 368 Å². The highest BCUT2D eigenvalue weighted by molar-refractivity contribution is 5.64. The molecule has 0 radical (unpaired) electrons. The Kier molecular flexibility index (Phi) is 27.2. The molecule has 1 aliphatic carbocycles. The molecule has 3 aliphatic rings. The minimum Gasteiger partial charge on any atom is -0.496 e. The molecule has 4 heterocycles. The molecule has 0 spiro atoms. The molecule has 2 aromatic heterocycles. The van der Waals surface area contributed by atoms with E-state index in [1.807, 2.05) is 0 Å². The molecule has 29 heteroatoms. The van der Waals surface area contributed by atoms with Crippen LogP contribution in [0, 0.1) is 60.7 Å². The van der Waals surface area contributed by atoms with Crippen molar-refractivity contribution < 1.29 is 81.0 Å².